The monoisotopic (exact) mass is 229 g/mol. The Hall–Kier alpha value is -1.31. The molecule has 2 heteroatoms. The molecule has 3 rings (SSSR count). The first kappa shape index (κ1) is 10.8. The molecule has 0 bridgehead atoms. The molecule has 0 heterocycles. The van der Waals surface area contributed by atoms with E-state index in [1.165, 1.54) is 25.7 Å². The van der Waals surface area contributed by atoms with Gasteiger partial charge < -0.3 is 5.32 Å². The van der Waals surface area contributed by atoms with Crippen molar-refractivity contribution in [3.05, 3.63) is 29.8 Å². The minimum Gasteiger partial charge on any atom is -0.384 e. The van der Waals surface area contributed by atoms with Gasteiger partial charge in [0.1, 0.15) is 0 Å². The van der Waals surface area contributed by atoms with Crippen LogP contribution in [0.5, 0.6) is 0 Å². The second-order valence-electron chi connectivity index (χ2n) is 5.62. The van der Waals surface area contributed by atoms with E-state index in [4.69, 9.17) is 0 Å². The smallest absolute Gasteiger partial charge is 0.159 e. The number of Topliss-reactive ketones (excluding diaryl/α,β-unsaturated/α-hetero) is 1. The van der Waals surface area contributed by atoms with Crippen LogP contribution in [0.15, 0.2) is 24.3 Å². The number of hydrogen-bond donors (Lipinski definition) is 1. The summed E-state index contributed by atoms with van der Waals surface area (Å²) in [4.78, 5) is 11.2. The van der Waals surface area contributed by atoms with Gasteiger partial charge in [-0.3, -0.25) is 4.79 Å². The molecule has 0 atom stereocenters. The van der Waals surface area contributed by atoms with Crippen LogP contribution in [0.1, 0.15) is 43.0 Å². The fraction of sp³-hybridized carbons (Fsp3) is 0.533. The molecule has 0 spiro atoms. The van der Waals surface area contributed by atoms with Gasteiger partial charge in [0.15, 0.2) is 5.78 Å². The van der Waals surface area contributed by atoms with Crippen LogP contribution in [-0.4, -0.2) is 12.3 Å². The number of rotatable bonds is 5. The molecule has 2 aliphatic carbocycles. The Morgan fingerprint density at radius 2 is 1.94 bits per heavy atom. The van der Waals surface area contributed by atoms with Gasteiger partial charge >= 0.3 is 0 Å². The first-order chi connectivity index (χ1) is 8.20. The zero-order valence-electron chi connectivity index (χ0n) is 10.3. The number of ketones is 1. The zero-order chi connectivity index (χ0) is 11.9. The highest BCUT2D eigenvalue weighted by Gasteiger charge is 2.53. The Morgan fingerprint density at radius 1 is 1.29 bits per heavy atom. The average Bonchev–Trinajstić information content (AvgIpc) is 3.17. The van der Waals surface area contributed by atoms with Crippen LogP contribution in [0, 0.1) is 11.3 Å². The van der Waals surface area contributed by atoms with E-state index < -0.39 is 0 Å². The summed E-state index contributed by atoms with van der Waals surface area (Å²) >= 11 is 0. The van der Waals surface area contributed by atoms with Gasteiger partial charge in [-0.25, -0.2) is 0 Å². The molecular formula is C15H19NO. The van der Waals surface area contributed by atoms with E-state index in [-0.39, 0.29) is 5.78 Å². The van der Waals surface area contributed by atoms with Gasteiger partial charge in [0, 0.05) is 17.8 Å². The van der Waals surface area contributed by atoms with Gasteiger partial charge in [-0.2, -0.15) is 0 Å². The Kier molecular flexibility index (Phi) is 2.46. The lowest BCUT2D eigenvalue weighted by Crippen LogP contribution is -2.17. The highest BCUT2D eigenvalue weighted by molar-refractivity contribution is 5.94. The van der Waals surface area contributed by atoms with Crippen LogP contribution in [0.3, 0.4) is 0 Å². The highest BCUT2D eigenvalue weighted by Crippen LogP contribution is 2.61. The van der Waals surface area contributed by atoms with E-state index >= 15 is 0 Å². The molecule has 0 unspecified atom stereocenters. The fourth-order valence-electron chi connectivity index (χ4n) is 2.69. The van der Waals surface area contributed by atoms with Crippen LogP contribution in [-0.2, 0) is 0 Å². The Morgan fingerprint density at radius 3 is 2.41 bits per heavy atom. The van der Waals surface area contributed by atoms with E-state index in [2.05, 4.69) is 5.32 Å². The molecule has 0 amide bonds. The van der Waals surface area contributed by atoms with Crippen LogP contribution < -0.4 is 5.32 Å². The molecule has 2 nitrogen and oxygen atoms in total. The zero-order valence-corrected chi connectivity index (χ0v) is 10.3. The lowest BCUT2D eigenvalue weighted by molar-refractivity contribution is 0.101. The third kappa shape index (κ3) is 2.21. The van der Waals surface area contributed by atoms with Gasteiger partial charge in [0.2, 0.25) is 0 Å². The minimum atomic E-state index is 0.133. The van der Waals surface area contributed by atoms with Crippen molar-refractivity contribution in [3.63, 3.8) is 0 Å². The Labute approximate surface area is 102 Å². The van der Waals surface area contributed by atoms with Crippen molar-refractivity contribution in [2.75, 3.05) is 11.9 Å². The SMILES string of the molecule is CC(=O)c1ccc(NCC2(C3CC3)CC2)cc1. The summed E-state index contributed by atoms with van der Waals surface area (Å²) in [5.41, 5.74) is 2.56. The molecule has 0 radical (unpaired) electrons. The predicted octanol–water partition coefficient (Wildman–Crippen LogP) is 3.49. The second-order valence-corrected chi connectivity index (χ2v) is 5.62. The molecule has 1 aromatic rings. The van der Waals surface area contributed by atoms with Gasteiger partial charge in [-0.05, 0) is 68.2 Å². The maximum absolute atomic E-state index is 11.2. The summed E-state index contributed by atoms with van der Waals surface area (Å²) < 4.78 is 0. The van der Waals surface area contributed by atoms with Gasteiger partial charge in [-0.1, -0.05) is 0 Å². The summed E-state index contributed by atoms with van der Waals surface area (Å²) in [5.74, 6) is 1.12. The Balaban J connectivity index is 1.59. The molecule has 1 aromatic carbocycles. The second kappa shape index (κ2) is 3.86. The van der Waals surface area contributed by atoms with E-state index in [1.807, 2.05) is 24.3 Å². The van der Waals surface area contributed by atoms with Gasteiger partial charge in [0.05, 0.1) is 0 Å². The van der Waals surface area contributed by atoms with Gasteiger partial charge in [0.25, 0.3) is 0 Å². The largest absolute Gasteiger partial charge is 0.384 e. The average molecular weight is 229 g/mol. The van der Waals surface area contributed by atoms with Crippen molar-refractivity contribution in [1.82, 2.24) is 0 Å². The molecular weight excluding hydrogens is 210 g/mol. The van der Waals surface area contributed by atoms with Crippen LogP contribution >= 0.6 is 0 Å². The van der Waals surface area contributed by atoms with E-state index in [9.17, 15) is 4.79 Å². The number of benzene rings is 1. The number of carbonyl (C=O) groups is 1. The van der Waals surface area contributed by atoms with Crippen molar-refractivity contribution < 1.29 is 4.79 Å². The third-order valence-electron chi connectivity index (χ3n) is 4.27. The van der Waals surface area contributed by atoms with Crippen LogP contribution in [0.25, 0.3) is 0 Å². The summed E-state index contributed by atoms with van der Waals surface area (Å²) in [7, 11) is 0. The summed E-state index contributed by atoms with van der Waals surface area (Å²) in [6, 6.07) is 7.84. The van der Waals surface area contributed by atoms with Crippen LogP contribution in [0.2, 0.25) is 0 Å². The summed E-state index contributed by atoms with van der Waals surface area (Å²) in [6.45, 7) is 2.71. The number of nitrogens with one attached hydrogen (secondary N) is 1. The topological polar surface area (TPSA) is 29.1 Å². The fourth-order valence-corrected chi connectivity index (χ4v) is 2.69. The first-order valence-electron chi connectivity index (χ1n) is 6.54. The van der Waals surface area contributed by atoms with Crippen molar-refractivity contribution in [2.45, 2.75) is 32.6 Å². The molecule has 0 saturated heterocycles. The minimum absolute atomic E-state index is 0.133. The molecule has 90 valence electrons. The number of anilines is 1. The normalized spacial score (nSPS) is 21.0. The van der Waals surface area contributed by atoms with Crippen molar-refractivity contribution in [1.29, 1.82) is 0 Å². The molecule has 2 aliphatic rings. The first-order valence-corrected chi connectivity index (χ1v) is 6.54. The van der Waals surface area contributed by atoms with Crippen LogP contribution in [0.4, 0.5) is 5.69 Å². The molecule has 0 aromatic heterocycles. The maximum Gasteiger partial charge on any atom is 0.159 e. The number of carbonyl (C=O) groups excluding carboxylic acids is 1. The summed E-state index contributed by atoms with van der Waals surface area (Å²) in [5, 5.41) is 3.52. The Bertz CT molecular complexity index is 427. The molecule has 2 fully saturated rings. The molecule has 0 aliphatic heterocycles. The third-order valence-corrected chi connectivity index (χ3v) is 4.27. The van der Waals surface area contributed by atoms with Gasteiger partial charge in [-0.15, -0.1) is 0 Å². The van der Waals surface area contributed by atoms with E-state index in [0.717, 1.165) is 23.7 Å². The molecule has 1 N–H and O–H groups in total. The molecule has 2 saturated carbocycles. The van der Waals surface area contributed by atoms with E-state index in [1.54, 1.807) is 6.92 Å². The van der Waals surface area contributed by atoms with E-state index in [0.29, 0.717) is 5.41 Å². The lowest BCUT2D eigenvalue weighted by Gasteiger charge is -2.16. The summed E-state index contributed by atoms with van der Waals surface area (Å²) in [6.07, 6.45) is 5.67. The number of hydrogen-bond acceptors (Lipinski definition) is 2. The quantitative estimate of drug-likeness (QED) is 0.783. The van der Waals surface area contributed by atoms with Crippen molar-refractivity contribution in [2.24, 2.45) is 11.3 Å². The standard InChI is InChI=1S/C15H19NO/c1-11(17)12-2-6-14(7-3-12)16-10-15(8-9-15)13-4-5-13/h2-3,6-7,13,16H,4-5,8-10H2,1H3. The van der Waals surface area contributed by atoms with Crippen molar-refractivity contribution in [3.8, 4) is 0 Å². The van der Waals surface area contributed by atoms with Crippen molar-refractivity contribution >= 4 is 11.5 Å². The highest BCUT2D eigenvalue weighted by atomic mass is 16.1. The molecule has 17 heavy (non-hydrogen) atoms. The maximum atomic E-state index is 11.2. The predicted molar refractivity (Wildman–Crippen MR) is 69.3 cm³/mol. The lowest BCUT2D eigenvalue weighted by atomic mass is 10.0.